The maximum absolute atomic E-state index is 3.58. The molecule has 0 rings (SSSR count). The SMILES string of the molecule is CCCCCN(C)CC(C)(CC)CNC(C)C. The average Bonchev–Trinajstić information content (AvgIpc) is 2.27. The van der Waals surface area contributed by atoms with Crippen LogP contribution < -0.4 is 5.32 Å². The molecule has 0 aromatic carbocycles. The lowest BCUT2D eigenvalue weighted by molar-refractivity contribution is 0.175. The molecule has 104 valence electrons. The molecule has 0 radical (unpaired) electrons. The van der Waals surface area contributed by atoms with Gasteiger partial charge in [0.15, 0.2) is 0 Å². The lowest BCUT2D eigenvalue weighted by Gasteiger charge is -2.34. The number of hydrogen-bond donors (Lipinski definition) is 1. The van der Waals surface area contributed by atoms with E-state index in [0.717, 1.165) is 6.54 Å². The van der Waals surface area contributed by atoms with Crippen LogP contribution in [0.25, 0.3) is 0 Å². The number of nitrogens with zero attached hydrogens (tertiary/aromatic N) is 1. The van der Waals surface area contributed by atoms with Crippen molar-refractivity contribution in [3.8, 4) is 0 Å². The van der Waals surface area contributed by atoms with E-state index in [2.05, 4.69) is 51.9 Å². The van der Waals surface area contributed by atoms with E-state index in [4.69, 9.17) is 0 Å². The maximum Gasteiger partial charge on any atom is 0.00443 e. The van der Waals surface area contributed by atoms with Crippen molar-refractivity contribution in [1.82, 2.24) is 10.2 Å². The van der Waals surface area contributed by atoms with E-state index in [0.29, 0.717) is 11.5 Å². The Kier molecular flexibility index (Phi) is 8.89. The highest BCUT2D eigenvalue weighted by molar-refractivity contribution is 4.79. The van der Waals surface area contributed by atoms with Crippen LogP contribution in [0.2, 0.25) is 0 Å². The molecule has 0 aliphatic heterocycles. The van der Waals surface area contributed by atoms with Crippen molar-refractivity contribution in [1.29, 1.82) is 0 Å². The fourth-order valence-corrected chi connectivity index (χ4v) is 2.11. The molecule has 1 unspecified atom stereocenters. The van der Waals surface area contributed by atoms with E-state index in [9.17, 15) is 0 Å². The third-order valence-corrected chi connectivity index (χ3v) is 3.59. The zero-order valence-corrected chi connectivity index (χ0v) is 13.0. The highest BCUT2D eigenvalue weighted by Crippen LogP contribution is 2.21. The predicted molar refractivity (Wildman–Crippen MR) is 78.6 cm³/mol. The van der Waals surface area contributed by atoms with Crippen LogP contribution in [0.3, 0.4) is 0 Å². The molecule has 2 nitrogen and oxygen atoms in total. The molecule has 1 atom stereocenters. The summed E-state index contributed by atoms with van der Waals surface area (Å²) in [5, 5.41) is 3.58. The van der Waals surface area contributed by atoms with Crippen molar-refractivity contribution in [2.75, 3.05) is 26.7 Å². The minimum absolute atomic E-state index is 0.408. The summed E-state index contributed by atoms with van der Waals surface area (Å²) in [6, 6.07) is 0.589. The highest BCUT2D eigenvalue weighted by atomic mass is 15.1. The summed E-state index contributed by atoms with van der Waals surface area (Å²) in [4.78, 5) is 2.50. The van der Waals surface area contributed by atoms with Crippen molar-refractivity contribution >= 4 is 0 Å². The molecular weight excluding hydrogens is 208 g/mol. The Labute approximate surface area is 109 Å². The summed E-state index contributed by atoms with van der Waals surface area (Å²) in [6.07, 6.45) is 5.25. The van der Waals surface area contributed by atoms with Gasteiger partial charge in [-0.15, -0.1) is 0 Å². The van der Waals surface area contributed by atoms with Gasteiger partial charge in [0.05, 0.1) is 0 Å². The van der Waals surface area contributed by atoms with Gasteiger partial charge in [0.1, 0.15) is 0 Å². The second-order valence-corrected chi connectivity index (χ2v) is 6.14. The number of hydrogen-bond acceptors (Lipinski definition) is 2. The predicted octanol–water partition coefficient (Wildman–Crippen LogP) is 3.52. The van der Waals surface area contributed by atoms with Crippen molar-refractivity contribution in [2.24, 2.45) is 5.41 Å². The van der Waals surface area contributed by atoms with Crippen molar-refractivity contribution in [3.63, 3.8) is 0 Å². The Morgan fingerprint density at radius 3 is 2.29 bits per heavy atom. The molecule has 0 spiro atoms. The Balaban J connectivity index is 3.98. The Morgan fingerprint density at radius 1 is 1.18 bits per heavy atom. The van der Waals surface area contributed by atoms with Crippen molar-refractivity contribution in [2.45, 2.75) is 66.3 Å². The molecule has 0 aromatic heterocycles. The van der Waals surface area contributed by atoms with Gasteiger partial charge in [-0.1, -0.05) is 47.5 Å². The van der Waals surface area contributed by atoms with E-state index < -0.39 is 0 Å². The van der Waals surface area contributed by atoms with Crippen molar-refractivity contribution < 1.29 is 0 Å². The molecule has 2 heteroatoms. The molecule has 0 aliphatic carbocycles. The van der Waals surface area contributed by atoms with Crippen LogP contribution in [0.4, 0.5) is 0 Å². The van der Waals surface area contributed by atoms with E-state index in [-0.39, 0.29) is 0 Å². The molecule has 0 aromatic rings. The highest BCUT2D eigenvalue weighted by Gasteiger charge is 2.23. The van der Waals surface area contributed by atoms with Crippen LogP contribution >= 0.6 is 0 Å². The number of rotatable bonds is 10. The average molecular weight is 242 g/mol. The molecule has 0 saturated heterocycles. The topological polar surface area (TPSA) is 15.3 Å². The zero-order chi connectivity index (χ0) is 13.3. The smallest absolute Gasteiger partial charge is 0.00443 e. The van der Waals surface area contributed by atoms with Gasteiger partial charge in [-0.3, -0.25) is 0 Å². The first-order chi connectivity index (χ1) is 7.93. The number of unbranched alkanes of at least 4 members (excludes halogenated alkanes) is 2. The van der Waals surface area contributed by atoms with Crippen LogP contribution in [0.15, 0.2) is 0 Å². The summed E-state index contributed by atoms with van der Waals surface area (Å²) < 4.78 is 0. The van der Waals surface area contributed by atoms with Gasteiger partial charge in [0, 0.05) is 19.1 Å². The molecule has 0 heterocycles. The van der Waals surface area contributed by atoms with Gasteiger partial charge in [-0.2, -0.15) is 0 Å². The standard InChI is InChI=1S/C15H34N2/c1-7-9-10-11-17(6)13-15(5,8-2)12-16-14(3)4/h14,16H,7-13H2,1-6H3. The first-order valence-electron chi connectivity index (χ1n) is 7.35. The first kappa shape index (κ1) is 16.9. The Hall–Kier alpha value is -0.0800. The third-order valence-electron chi connectivity index (χ3n) is 3.59. The van der Waals surface area contributed by atoms with E-state index in [1.807, 2.05) is 0 Å². The van der Waals surface area contributed by atoms with Crippen LogP contribution in [-0.4, -0.2) is 37.6 Å². The lowest BCUT2D eigenvalue weighted by atomic mass is 9.86. The summed E-state index contributed by atoms with van der Waals surface area (Å²) in [5.74, 6) is 0. The van der Waals surface area contributed by atoms with Crippen molar-refractivity contribution in [3.05, 3.63) is 0 Å². The summed E-state index contributed by atoms with van der Waals surface area (Å²) in [6.45, 7) is 15.0. The fraction of sp³-hybridized carbons (Fsp3) is 1.00. The molecule has 0 fully saturated rings. The quantitative estimate of drug-likeness (QED) is 0.590. The monoisotopic (exact) mass is 242 g/mol. The third kappa shape index (κ3) is 8.62. The molecule has 0 saturated carbocycles. The largest absolute Gasteiger partial charge is 0.314 e. The summed E-state index contributed by atoms with van der Waals surface area (Å²) in [7, 11) is 2.26. The Bertz CT molecular complexity index is 180. The van der Waals surface area contributed by atoms with Gasteiger partial charge in [0.2, 0.25) is 0 Å². The van der Waals surface area contributed by atoms with Crippen LogP contribution in [0.5, 0.6) is 0 Å². The minimum Gasteiger partial charge on any atom is -0.314 e. The molecule has 17 heavy (non-hydrogen) atoms. The zero-order valence-electron chi connectivity index (χ0n) is 13.0. The second kappa shape index (κ2) is 8.93. The van der Waals surface area contributed by atoms with Gasteiger partial charge in [-0.25, -0.2) is 0 Å². The number of nitrogens with one attached hydrogen (secondary N) is 1. The van der Waals surface area contributed by atoms with E-state index in [1.54, 1.807) is 0 Å². The molecule has 0 bridgehead atoms. The second-order valence-electron chi connectivity index (χ2n) is 6.14. The summed E-state index contributed by atoms with van der Waals surface area (Å²) >= 11 is 0. The Morgan fingerprint density at radius 2 is 1.82 bits per heavy atom. The lowest BCUT2D eigenvalue weighted by Crippen LogP contribution is -2.42. The van der Waals surface area contributed by atoms with Gasteiger partial charge in [0.25, 0.3) is 0 Å². The molecule has 1 N–H and O–H groups in total. The van der Waals surface area contributed by atoms with Gasteiger partial charge in [-0.05, 0) is 31.8 Å². The normalized spacial score (nSPS) is 15.5. The molecule has 0 amide bonds. The van der Waals surface area contributed by atoms with Gasteiger partial charge >= 0.3 is 0 Å². The maximum atomic E-state index is 3.58. The molecule has 0 aliphatic rings. The van der Waals surface area contributed by atoms with Crippen LogP contribution in [0.1, 0.15) is 60.3 Å². The van der Waals surface area contributed by atoms with Gasteiger partial charge < -0.3 is 10.2 Å². The van der Waals surface area contributed by atoms with E-state index >= 15 is 0 Å². The van der Waals surface area contributed by atoms with Crippen LogP contribution in [-0.2, 0) is 0 Å². The fourth-order valence-electron chi connectivity index (χ4n) is 2.11. The molecular formula is C15H34N2. The van der Waals surface area contributed by atoms with Crippen LogP contribution in [0, 0.1) is 5.41 Å². The first-order valence-corrected chi connectivity index (χ1v) is 7.35. The minimum atomic E-state index is 0.408. The summed E-state index contributed by atoms with van der Waals surface area (Å²) in [5.41, 5.74) is 0.408. The van der Waals surface area contributed by atoms with E-state index in [1.165, 1.54) is 38.8 Å².